The summed E-state index contributed by atoms with van der Waals surface area (Å²) in [6, 6.07) is 11.5. The van der Waals surface area contributed by atoms with Crippen molar-refractivity contribution in [2.24, 2.45) is 0 Å². The van der Waals surface area contributed by atoms with E-state index < -0.39 is 10.0 Å². The first-order valence-electron chi connectivity index (χ1n) is 6.59. The maximum Gasteiger partial charge on any atom is 0.261 e. The second-order valence-electron chi connectivity index (χ2n) is 4.74. The van der Waals surface area contributed by atoms with Crippen LogP contribution >= 0.6 is 11.6 Å². The molecule has 2 aromatic rings. The quantitative estimate of drug-likeness (QED) is 0.824. The largest absolute Gasteiger partial charge is 0.399 e. The van der Waals surface area contributed by atoms with Crippen molar-refractivity contribution in [1.82, 2.24) is 0 Å². The Morgan fingerprint density at radius 2 is 1.81 bits per heavy atom. The van der Waals surface area contributed by atoms with E-state index in [1.165, 1.54) is 6.07 Å². The van der Waals surface area contributed by atoms with E-state index >= 15 is 0 Å². The highest BCUT2D eigenvalue weighted by atomic mass is 35.5. The summed E-state index contributed by atoms with van der Waals surface area (Å²) in [5, 5.41) is 0.301. The predicted molar refractivity (Wildman–Crippen MR) is 87.1 cm³/mol. The molecular formula is C15H17ClN2O2S. The molecule has 0 fully saturated rings. The van der Waals surface area contributed by atoms with Gasteiger partial charge in [-0.1, -0.05) is 37.1 Å². The number of nitrogens with two attached hydrogens (primary N) is 1. The van der Waals surface area contributed by atoms with Crippen molar-refractivity contribution in [3.63, 3.8) is 0 Å². The van der Waals surface area contributed by atoms with Gasteiger partial charge >= 0.3 is 0 Å². The molecule has 0 unspecified atom stereocenters. The normalized spacial score (nSPS) is 11.3. The Balaban J connectivity index is 2.27. The first kappa shape index (κ1) is 15.7. The lowest BCUT2D eigenvalue weighted by Crippen LogP contribution is -2.13. The molecule has 0 amide bonds. The van der Waals surface area contributed by atoms with Crippen molar-refractivity contribution >= 4 is 33.0 Å². The molecule has 6 heteroatoms. The topological polar surface area (TPSA) is 72.2 Å². The van der Waals surface area contributed by atoms with E-state index in [4.69, 9.17) is 17.3 Å². The zero-order chi connectivity index (χ0) is 15.5. The first-order chi connectivity index (χ1) is 9.92. The Labute approximate surface area is 130 Å². The van der Waals surface area contributed by atoms with Crippen LogP contribution in [0.25, 0.3) is 0 Å². The number of hydrogen-bond donors (Lipinski definition) is 2. The summed E-state index contributed by atoms with van der Waals surface area (Å²) in [7, 11) is -3.67. The molecule has 0 spiro atoms. The molecule has 21 heavy (non-hydrogen) atoms. The highest BCUT2D eigenvalue weighted by molar-refractivity contribution is 7.92. The van der Waals surface area contributed by atoms with Gasteiger partial charge in [-0.25, -0.2) is 8.42 Å². The van der Waals surface area contributed by atoms with Crippen molar-refractivity contribution < 1.29 is 8.42 Å². The Hall–Kier alpha value is -1.72. The molecule has 0 aliphatic heterocycles. The molecular weight excluding hydrogens is 308 g/mol. The van der Waals surface area contributed by atoms with E-state index in [0.717, 1.165) is 18.4 Å². The van der Waals surface area contributed by atoms with Crippen LogP contribution in [0.2, 0.25) is 5.02 Å². The number of halogens is 1. The zero-order valence-electron chi connectivity index (χ0n) is 11.6. The summed E-state index contributed by atoms with van der Waals surface area (Å²) in [5.74, 6) is 0. The van der Waals surface area contributed by atoms with Crippen LogP contribution in [0, 0.1) is 0 Å². The summed E-state index contributed by atoms with van der Waals surface area (Å²) in [4.78, 5) is 0.195. The molecule has 0 aliphatic rings. The van der Waals surface area contributed by atoms with Crippen molar-refractivity contribution in [2.45, 2.75) is 24.7 Å². The van der Waals surface area contributed by atoms with E-state index in [1.807, 2.05) is 12.1 Å². The van der Waals surface area contributed by atoms with E-state index in [2.05, 4.69) is 11.6 Å². The van der Waals surface area contributed by atoms with Gasteiger partial charge in [-0.3, -0.25) is 4.72 Å². The standard InChI is InChI=1S/C15H17ClN2O2S/c1-2-3-11-4-7-13(8-5-11)21(19,20)18-15-10-12(17)6-9-14(15)16/h4-10,18H,2-3,17H2,1H3. The van der Waals surface area contributed by atoms with Crippen LogP contribution in [0.5, 0.6) is 0 Å². The van der Waals surface area contributed by atoms with Crippen LogP contribution in [0.4, 0.5) is 11.4 Å². The number of anilines is 2. The molecule has 0 heterocycles. The average Bonchev–Trinajstić information content (AvgIpc) is 2.44. The molecule has 2 aromatic carbocycles. The van der Waals surface area contributed by atoms with Gasteiger partial charge in [0.2, 0.25) is 0 Å². The lowest BCUT2D eigenvalue weighted by Gasteiger charge is -2.10. The van der Waals surface area contributed by atoms with Gasteiger partial charge in [0.05, 0.1) is 15.6 Å². The van der Waals surface area contributed by atoms with Crippen molar-refractivity contribution in [3.8, 4) is 0 Å². The summed E-state index contributed by atoms with van der Waals surface area (Å²) < 4.78 is 27.1. The van der Waals surface area contributed by atoms with Crippen LogP contribution in [-0.4, -0.2) is 8.42 Å². The fourth-order valence-electron chi connectivity index (χ4n) is 1.95. The zero-order valence-corrected chi connectivity index (χ0v) is 13.2. The van der Waals surface area contributed by atoms with Crippen LogP contribution in [-0.2, 0) is 16.4 Å². The molecule has 4 nitrogen and oxygen atoms in total. The molecule has 112 valence electrons. The summed E-state index contributed by atoms with van der Waals surface area (Å²) in [6.07, 6.45) is 1.94. The average molecular weight is 325 g/mol. The van der Waals surface area contributed by atoms with Gasteiger partial charge in [0.25, 0.3) is 10.0 Å². The van der Waals surface area contributed by atoms with E-state index in [1.54, 1.807) is 24.3 Å². The second kappa shape index (κ2) is 6.37. The maximum atomic E-state index is 12.3. The van der Waals surface area contributed by atoms with Gasteiger partial charge in [0.1, 0.15) is 0 Å². The van der Waals surface area contributed by atoms with Crippen LogP contribution < -0.4 is 10.5 Å². The SMILES string of the molecule is CCCc1ccc(S(=O)(=O)Nc2cc(N)ccc2Cl)cc1. The number of benzene rings is 2. The Kier molecular flexibility index (Phi) is 4.75. The van der Waals surface area contributed by atoms with Crippen LogP contribution in [0.1, 0.15) is 18.9 Å². The minimum absolute atomic E-state index is 0.195. The summed E-state index contributed by atoms with van der Waals surface area (Å²) >= 11 is 5.97. The lowest BCUT2D eigenvalue weighted by molar-refractivity contribution is 0.601. The highest BCUT2D eigenvalue weighted by Crippen LogP contribution is 2.26. The Morgan fingerprint density at radius 1 is 1.14 bits per heavy atom. The van der Waals surface area contributed by atoms with Gasteiger partial charge in [0.15, 0.2) is 0 Å². The van der Waals surface area contributed by atoms with Crippen molar-refractivity contribution in [1.29, 1.82) is 0 Å². The first-order valence-corrected chi connectivity index (χ1v) is 8.45. The molecule has 2 rings (SSSR count). The molecule has 0 atom stereocenters. The van der Waals surface area contributed by atoms with Gasteiger partial charge < -0.3 is 5.73 Å². The van der Waals surface area contributed by atoms with Gasteiger partial charge in [-0.2, -0.15) is 0 Å². The van der Waals surface area contributed by atoms with Crippen LogP contribution in [0.15, 0.2) is 47.4 Å². The maximum absolute atomic E-state index is 12.3. The molecule has 0 radical (unpaired) electrons. The van der Waals surface area contributed by atoms with Gasteiger partial charge in [0, 0.05) is 5.69 Å². The Morgan fingerprint density at radius 3 is 2.43 bits per heavy atom. The second-order valence-corrected chi connectivity index (χ2v) is 6.83. The molecule has 0 bridgehead atoms. The van der Waals surface area contributed by atoms with Gasteiger partial charge in [-0.05, 0) is 42.3 Å². The molecule has 0 aromatic heterocycles. The number of rotatable bonds is 5. The molecule has 0 saturated carbocycles. The Bertz CT molecular complexity index is 728. The fourth-order valence-corrected chi connectivity index (χ4v) is 3.24. The minimum atomic E-state index is -3.67. The van der Waals surface area contributed by atoms with Crippen molar-refractivity contribution in [2.75, 3.05) is 10.5 Å². The smallest absolute Gasteiger partial charge is 0.261 e. The fraction of sp³-hybridized carbons (Fsp3) is 0.200. The van der Waals surface area contributed by atoms with E-state index in [-0.39, 0.29) is 10.6 Å². The monoisotopic (exact) mass is 324 g/mol. The third kappa shape index (κ3) is 3.89. The summed E-state index contributed by atoms with van der Waals surface area (Å²) in [5.41, 5.74) is 7.47. The number of hydrogen-bond acceptors (Lipinski definition) is 3. The third-order valence-corrected chi connectivity index (χ3v) is 4.72. The number of aryl methyl sites for hydroxylation is 1. The molecule has 3 N–H and O–H groups in total. The number of sulfonamides is 1. The van der Waals surface area contributed by atoms with Crippen LogP contribution in [0.3, 0.4) is 0 Å². The molecule has 0 aliphatic carbocycles. The lowest BCUT2D eigenvalue weighted by atomic mass is 10.1. The third-order valence-electron chi connectivity index (χ3n) is 3.01. The minimum Gasteiger partial charge on any atom is -0.399 e. The highest BCUT2D eigenvalue weighted by Gasteiger charge is 2.15. The van der Waals surface area contributed by atoms with Crippen molar-refractivity contribution in [3.05, 3.63) is 53.1 Å². The predicted octanol–water partition coefficient (Wildman–Crippen LogP) is 3.68. The van der Waals surface area contributed by atoms with E-state index in [9.17, 15) is 8.42 Å². The van der Waals surface area contributed by atoms with Gasteiger partial charge in [-0.15, -0.1) is 0 Å². The number of nitrogen functional groups attached to an aromatic ring is 1. The summed E-state index contributed by atoms with van der Waals surface area (Å²) in [6.45, 7) is 2.08. The molecule has 0 saturated heterocycles. The number of nitrogens with one attached hydrogen (secondary N) is 1. The van der Waals surface area contributed by atoms with E-state index in [0.29, 0.717) is 10.7 Å².